The molecule has 0 aliphatic heterocycles. The lowest BCUT2D eigenvalue weighted by Crippen LogP contribution is -2.29. The van der Waals surface area contributed by atoms with Gasteiger partial charge in [-0.3, -0.25) is 10.2 Å². The Hall–Kier alpha value is -2.36. The van der Waals surface area contributed by atoms with Crippen LogP contribution in [0.2, 0.25) is 0 Å². The van der Waals surface area contributed by atoms with Crippen molar-refractivity contribution in [2.24, 2.45) is 5.84 Å². The van der Waals surface area contributed by atoms with Gasteiger partial charge in [0.25, 0.3) is 5.91 Å². The zero-order valence-corrected chi connectivity index (χ0v) is 12.7. The number of rotatable bonds is 4. The molecule has 0 bridgehead atoms. The number of carbonyl (C=O) groups excluding carboxylic acids is 1. The van der Waals surface area contributed by atoms with Crippen LogP contribution in [0.15, 0.2) is 30.3 Å². The molecule has 0 aliphatic carbocycles. The fraction of sp³-hybridized carbons (Fsp3) is 0.200. The molecule has 5 nitrogen and oxygen atoms in total. The minimum absolute atomic E-state index is 0.268. The molecule has 1 heterocycles. The van der Waals surface area contributed by atoms with Crippen molar-refractivity contribution in [3.63, 3.8) is 0 Å². The van der Waals surface area contributed by atoms with Gasteiger partial charge in [0.1, 0.15) is 0 Å². The molecular formula is C15H16N4OS. The molecule has 0 aliphatic rings. The van der Waals surface area contributed by atoms with Crippen LogP contribution >= 0.6 is 11.3 Å². The molecule has 2 aromatic rings. The number of thiophene rings is 1. The monoisotopic (exact) mass is 300 g/mol. The van der Waals surface area contributed by atoms with E-state index in [1.54, 1.807) is 12.1 Å². The number of benzene rings is 1. The number of nitrogens with one attached hydrogen (secondary N) is 1. The van der Waals surface area contributed by atoms with E-state index in [0.29, 0.717) is 17.0 Å². The first kappa shape index (κ1) is 15.0. The van der Waals surface area contributed by atoms with Crippen molar-refractivity contribution >= 4 is 22.9 Å². The van der Waals surface area contributed by atoms with Crippen LogP contribution in [0, 0.1) is 18.3 Å². The van der Waals surface area contributed by atoms with Gasteiger partial charge >= 0.3 is 0 Å². The summed E-state index contributed by atoms with van der Waals surface area (Å²) in [5.41, 5.74) is 4.89. The Balaban J connectivity index is 2.15. The quantitative estimate of drug-likeness (QED) is 0.515. The standard InChI is InChI=1S/C15H16N4OS/c1-10-12(7-14(21-10)15(20)18-17)9-19(2)13-5-3-11(8-16)4-6-13/h3-7H,9,17H2,1-2H3,(H,18,20). The number of nitrogens with zero attached hydrogens (tertiary/aromatic N) is 2. The highest BCUT2D eigenvalue weighted by atomic mass is 32.1. The lowest BCUT2D eigenvalue weighted by molar-refractivity contribution is 0.0957. The molecule has 1 aromatic carbocycles. The molecule has 0 saturated carbocycles. The summed E-state index contributed by atoms with van der Waals surface area (Å²) in [6, 6.07) is 11.4. The molecule has 0 radical (unpaired) electrons. The van der Waals surface area contributed by atoms with Crippen molar-refractivity contribution in [1.82, 2.24) is 5.43 Å². The van der Waals surface area contributed by atoms with Crippen molar-refractivity contribution in [1.29, 1.82) is 5.26 Å². The average Bonchev–Trinajstić information content (AvgIpc) is 2.87. The van der Waals surface area contributed by atoms with Crippen molar-refractivity contribution in [3.8, 4) is 6.07 Å². The smallest absolute Gasteiger partial charge is 0.275 e. The third-order valence-electron chi connectivity index (χ3n) is 3.22. The van der Waals surface area contributed by atoms with Gasteiger partial charge in [0, 0.05) is 24.2 Å². The van der Waals surface area contributed by atoms with Crippen LogP contribution < -0.4 is 16.2 Å². The van der Waals surface area contributed by atoms with E-state index in [1.165, 1.54) is 11.3 Å². The number of aryl methyl sites for hydroxylation is 1. The van der Waals surface area contributed by atoms with E-state index in [4.69, 9.17) is 11.1 Å². The third-order valence-corrected chi connectivity index (χ3v) is 4.31. The van der Waals surface area contributed by atoms with Crippen LogP contribution in [0.4, 0.5) is 5.69 Å². The fourth-order valence-electron chi connectivity index (χ4n) is 2.00. The molecule has 1 aromatic heterocycles. The minimum atomic E-state index is -0.268. The number of nitriles is 1. The van der Waals surface area contributed by atoms with E-state index >= 15 is 0 Å². The number of nitrogen functional groups attached to an aromatic ring is 1. The summed E-state index contributed by atoms with van der Waals surface area (Å²) in [7, 11) is 1.97. The van der Waals surface area contributed by atoms with Crippen LogP contribution in [-0.2, 0) is 6.54 Å². The second-order valence-electron chi connectivity index (χ2n) is 4.68. The summed E-state index contributed by atoms with van der Waals surface area (Å²) in [4.78, 5) is 15.3. The molecule has 6 heteroatoms. The number of hydrogen-bond donors (Lipinski definition) is 2. The third kappa shape index (κ3) is 3.40. The zero-order chi connectivity index (χ0) is 15.4. The number of carbonyl (C=O) groups is 1. The molecule has 0 saturated heterocycles. The summed E-state index contributed by atoms with van der Waals surface area (Å²) in [6.45, 7) is 2.67. The molecular weight excluding hydrogens is 284 g/mol. The summed E-state index contributed by atoms with van der Waals surface area (Å²) in [5.74, 6) is 4.89. The van der Waals surface area contributed by atoms with Crippen LogP contribution in [0.5, 0.6) is 0 Å². The second-order valence-corrected chi connectivity index (χ2v) is 5.94. The number of hydrazine groups is 1. The van der Waals surface area contributed by atoms with Crippen molar-refractivity contribution < 1.29 is 4.79 Å². The molecule has 0 atom stereocenters. The predicted molar refractivity (Wildman–Crippen MR) is 84.0 cm³/mol. The summed E-state index contributed by atoms with van der Waals surface area (Å²) >= 11 is 1.43. The Morgan fingerprint density at radius 1 is 1.43 bits per heavy atom. The van der Waals surface area contributed by atoms with Crippen LogP contribution in [-0.4, -0.2) is 13.0 Å². The van der Waals surface area contributed by atoms with Gasteiger partial charge < -0.3 is 4.90 Å². The van der Waals surface area contributed by atoms with Crippen molar-refractivity contribution in [2.45, 2.75) is 13.5 Å². The zero-order valence-electron chi connectivity index (χ0n) is 11.9. The van der Waals surface area contributed by atoms with Crippen LogP contribution in [0.3, 0.4) is 0 Å². The molecule has 2 rings (SSSR count). The molecule has 0 fully saturated rings. The molecule has 0 spiro atoms. The summed E-state index contributed by atoms with van der Waals surface area (Å²) in [5, 5.41) is 8.81. The highest BCUT2D eigenvalue weighted by molar-refractivity contribution is 7.14. The highest BCUT2D eigenvalue weighted by Gasteiger charge is 2.13. The maximum atomic E-state index is 11.5. The van der Waals surface area contributed by atoms with Gasteiger partial charge in [0.2, 0.25) is 0 Å². The second kappa shape index (κ2) is 6.39. The topological polar surface area (TPSA) is 82.2 Å². The van der Waals surface area contributed by atoms with Gasteiger partial charge in [0.15, 0.2) is 0 Å². The minimum Gasteiger partial charge on any atom is -0.370 e. The summed E-state index contributed by atoms with van der Waals surface area (Å²) in [6.07, 6.45) is 0. The van der Waals surface area contributed by atoms with E-state index in [-0.39, 0.29) is 5.91 Å². The molecule has 3 N–H and O–H groups in total. The summed E-state index contributed by atoms with van der Waals surface area (Å²) < 4.78 is 0. The predicted octanol–water partition coefficient (Wildman–Crippen LogP) is 2.17. The van der Waals surface area contributed by atoms with Crippen LogP contribution in [0.25, 0.3) is 0 Å². The first-order valence-electron chi connectivity index (χ1n) is 6.36. The Labute approximate surface area is 127 Å². The van der Waals surface area contributed by atoms with E-state index < -0.39 is 0 Å². The first-order valence-corrected chi connectivity index (χ1v) is 7.18. The van der Waals surface area contributed by atoms with Gasteiger partial charge in [0.05, 0.1) is 16.5 Å². The molecule has 1 amide bonds. The van der Waals surface area contributed by atoms with E-state index in [9.17, 15) is 4.79 Å². The number of nitrogens with two attached hydrogens (primary N) is 1. The number of amides is 1. The van der Waals surface area contributed by atoms with Gasteiger partial charge in [-0.05, 0) is 42.8 Å². The number of anilines is 1. The van der Waals surface area contributed by atoms with Crippen molar-refractivity contribution in [2.75, 3.05) is 11.9 Å². The average molecular weight is 300 g/mol. The van der Waals surface area contributed by atoms with Crippen LogP contribution in [0.1, 0.15) is 25.7 Å². The van der Waals surface area contributed by atoms with E-state index in [1.807, 2.05) is 32.2 Å². The van der Waals surface area contributed by atoms with Crippen molar-refractivity contribution in [3.05, 3.63) is 51.2 Å². The van der Waals surface area contributed by atoms with Gasteiger partial charge in [-0.25, -0.2) is 5.84 Å². The Morgan fingerprint density at radius 2 is 2.10 bits per heavy atom. The normalized spacial score (nSPS) is 10.0. The molecule has 0 unspecified atom stereocenters. The molecule has 21 heavy (non-hydrogen) atoms. The highest BCUT2D eigenvalue weighted by Crippen LogP contribution is 2.24. The number of hydrogen-bond acceptors (Lipinski definition) is 5. The lowest BCUT2D eigenvalue weighted by Gasteiger charge is -2.19. The first-order chi connectivity index (χ1) is 10.0. The Morgan fingerprint density at radius 3 is 2.67 bits per heavy atom. The molecule has 108 valence electrons. The SMILES string of the molecule is Cc1sc(C(=O)NN)cc1CN(C)c1ccc(C#N)cc1. The largest absolute Gasteiger partial charge is 0.370 e. The fourth-order valence-corrected chi connectivity index (χ4v) is 2.93. The lowest BCUT2D eigenvalue weighted by atomic mass is 10.2. The van der Waals surface area contributed by atoms with E-state index in [0.717, 1.165) is 16.1 Å². The van der Waals surface area contributed by atoms with Gasteiger partial charge in [-0.15, -0.1) is 11.3 Å². The Kier molecular flexibility index (Phi) is 4.58. The maximum absolute atomic E-state index is 11.5. The Bertz CT molecular complexity index is 685. The van der Waals surface area contributed by atoms with Gasteiger partial charge in [-0.1, -0.05) is 0 Å². The maximum Gasteiger partial charge on any atom is 0.275 e. The van der Waals surface area contributed by atoms with E-state index in [2.05, 4.69) is 16.4 Å². The van der Waals surface area contributed by atoms with Gasteiger partial charge in [-0.2, -0.15) is 5.26 Å².